The van der Waals surface area contributed by atoms with Crippen molar-refractivity contribution in [2.24, 2.45) is 0 Å². The van der Waals surface area contributed by atoms with Crippen LogP contribution in [0, 0.1) is 37.0 Å². The van der Waals surface area contributed by atoms with Crippen molar-refractivity contribution in [3.8, 4) is 37.0 Å². The third-order valence-electron chi connectivity index (χ3n) is 2.62. The van der Waals surface area contributed by atoms with E-state index < -0.39 is 11.9 Å². The molecule has 0 N–H and O–H groups in total. The van der Waals surface area contributed by atoms with Gasteiger partial charge in [-0.3, -0.25) is 4.79 Å². The van der Waals surface area contributed by atoms with Gasteiger partial charge in [0.1, 0.15) is 0 Å². The summed E-state index contributed by atoms with van der Waals surface area (Å²) in [5.74, 6) is 4.43. The van der Waals surface area contributed by atoms with Crippen molar-refractivity contribution in [2.45, 2.75) is 6.42 Å². The van der Waals surface area contributed by atoms with Gasteiger partial charge in [0.05, 0.1) is 17.5 Å². The number of Topliss-reactive ketones (excluding diaryl/α,β-unsaturated/α-hetero) is 1. The second-order valence-corrected chi connectivity index (χ2v) is 4.12. The molecule has 0 fully saturated rings. The zero-order valence-electron chi connectivity index (χ0n) is 12.1. The summed E-state index contributed by atoms with van der Waals surface area (Å²) in [6.45, 7) is -0.532. The topological polar surface area (TPSA) is 69.7 Å². The number of terminal acetylenes is 3. The molecule has 0 aliphatic carbocycles. The lowest BCUT2D eigenvalue weighted by molar-refractivity contribution is 0.0510. The quantitative estimate of drug-likeness (QED) is 0.452. The highest BCUT2D eigenvalue weighted by Crippen LogP contribution is 2.16. The fraction of sp³-hybridized carbons (Fsp3) is 0.167. The molecule has 1 aromatic carbocycles. The van der Waals surface area contributed by atoms with Gasteiger partial charge in [0.25, 0.3) is 0 Å². The Morgan fingerprint density at radius 1 is 0.870 bits per heavy atom. The number of hydrogen-bond acceptors (Lipinski definition) is 5. The Kier molecular flexibility index (Phi) is 6.66. The van der Waals surface area contributed by atoms with Crippen molar-refractivity contribution in [3.63, 3.8) is 0 Å². The Morgan fingerprint density at radius 3 is 1.96 bits per heavy atom. The molecule has 0 saturated carbocycles. The minimum absolute atomic E-state index is 0.0838. The normalized spacial score (nSPS) is 8.91. The maximum atomic E-state index is 12.0. The van der Waals surface area contributed by atoms with Gasteiger partial charge in [-0.1, -0.05) is 23.8 Å². The van der Waals surface area contributed by atoms with E-state index in [1.807, 2.05) is 0 Å². The van der Waals surface area contributed by atoms with E-state index in [0.29, 0.717) is 0 Å². The lowest BCUT2D eigenvalue weighted by Gasteiger charge is -2.09. The van der Waals surface area contributed by atoms with E-state index in [2.05, 4.69) is 17.8 Å². The summed E-state index contributed by atoms with van der Waals surface area (Å²) in [4.78, 5) is 35.8. The smallest absolute Gasteiger partial charge is 0.339 e. The molecule has 0 amide bonds. The Bertz CT molecular complexity index is 753. The van der Waals surface area contributed by atoms with Crippen molar-refractivity contribution in [2.75, 3.05) is 13.2 Å². The van der Waals surface area contributed by atoms with Crippen LogP contribution in [0.5, 0.6) is 0 Å². The molecule has 1 aromatic rings. The fourth-order valence-corrected chi connectivity index (χ4v) is 1.63. The van der Waals surface area contributed by atoms with E-state index in [-0.39, 0.29) is 42.1 Å². The zero-order valence-corrected chi connectivity index (χ0v) is 12.1. The van der Waals surface area contributed by atoms with Crippen molar-refractivity contribution in [1.82, 2.24) is 0 Å². The van der Waals surface area contributed by atoms with Crippen LogP contribution in [0.25, 0.3) is 0 Å². The Hall–Kier alpha value is -3.49. The SMILES string of the molecule is C#CCOC(=O)c1ccc(C(=O)CC#C)cc1C(=O)OCC#C. The minimum atomic E-state index is -0.856. The van der Waals surface area contributed by atoms with Gasteiger partial charge < -0.3 is 9.47 Å². The van der Waals surface area contributed by atoms with E-state index in [0.717, 1.165) is 0 Å². The van der Waals surface area contributed by atoms with Crippen molar-refractivity contribution in [1.29, 1.82) is 0 Å². The molecule has 0 aromatic heterocycles. The number of rotatable bonds is 6. The van der Waals surface area contributed by atoms with E-state index >= 15 is 0 Å². The lowest BCUT2D eigenvalue weighted by Crippen LogP contribution is -2.15. The fourth-order valence-electron chi connectivity index (χ4n) is 1.63. The molecule has 23 heavy (non-hydrogen) atoms. The highest BCUT2D eigenvalue weighted by Gasteiger charge is 2.21. The molecule has 0 radical (unpaired) electrons. The predicted molar refractivity (Wildman–Crippen MR) is 82.5 cm³/mol. The summed E-state index contributed by atoms with van der Waals surface area (Å²) in [6.07, 6.45) is 15.0. The number of ketones is 1. The maximum Gasteiger partial charge on any atom is 0.339 e. The maximum absolute atomic E-state index is 12.0. The number of carbonyl (C=O) groups is 3. The number of ether oxygens (including phenoxy) is 2. The average molecular weight is 308 g/mol. The van der Waals surface area contributed by atoms with Crippen LogP contribution in [-0.4, -0.2) is 30.9 Å². The molecular formula is C18H12O5. The van der Waals surface area contributed by atoms with Gasteiger partial charge in [-0.05, 0) is 12.1 Å². The summed E-state index contributed by atoms with van der Waals surface area (Å²) in [5.41, 5.74) is -0.0613. The van der Waals surface area contributed by atoms with E-state index in [1.165, 1.54) is 18.2 Å². The van der Waals surface area contributed by atoms with Crippen LogP contribution < -0.4 is 0 Å². The third kappa shape index (κ3) is 4.77. The molecule has 0 bridgehead atoms. The number of carbonyl (C=O) groups excluding carboxylic acids is 3. The lowest BCUT2D eigenvalue weighted by atomic mass is 10.0. The van der Waals surface area contributed by atoms with Crippen molar-refractivity contribution < 1.29 is 23.9 Å². The molecule has 0 atom stereocenters. The summed E-state index contributed by atoms with van der Waals surface area (Å²) in [5, 5.41) is 0. The molecule has 0 aliphatic heterocycles. The Labute approximate surface area is 134 Å². The highest BCUT2D eigenvalue weighted by molar-refractivity contribution is 6.06. The van der Waals surface area contributed by atoms with Gasteiger partial charge in [-0.2, -0.15) is 0 Å². The van der Waals surface area contributed by atoms with Crippen molar-refractivity contribution >= 4 is 17.7 Å². The first kappa shape index (κ1) is 17.6. The first-order valence-corrected chi connectivity index (χ1v) is 6.37. The molecule has 0 saturated heterocycles. The van der Waals surface area contributed by atoms with Crippen LogP contribution in [0.4, 0.5) is 0 Å². The summed E-state index contributed by atoms with van der Waals surface area (Å²) >= 11 is 0. The van der Waals surface area contributed by atoms with Gasteiger partial charge in [0.2, 0.25) is 0 Å². The first-order chi connectivity index (χ1) is 11.0. The van der Waals surface area contributed by atoms with Crippen LogP contribution in [0.1, 0.15) is 37.5 Å². The van der Waals surface area contributed by atoms with E-state index in [4.69, 9.17) is 28.7 Å². The molecule has 114 valence electrons. The number of hydrogen-bond donors (Lipinski definition) is 0. The summed E-state index contributed by atoms with van der Waals surface area (Å²) in [7, 11) is 0. The van der Waals surface area contributed by atoms with Crippen LogP contribution in [0.2, 0.25) is 0 Å². The van der Waals surface area contributed by atoms with E-state index in [1.54, 1.807) is 0 Å². The molecule has 0 unspecified atom stereocenters. The molecule has 0 heterocycles. The molecular weight excluding hydrogens is 296 g/mol. The second kappa shape index (κ2) is 8.72. The second-order valence-electron chi connectivity index (χ2n) is 4.12. The van der Waals surface area contributed by atoms with E-state index in [9.17, 15) is 14.4 Å². The van der Waals surface area contributed by atoms with Gasteiger partial charge in [0, 0.05) is 5.56 Å². The van der Waals surface area contributed by atoms with Crippen molar-refractivity contribution in [3.05, 3.63) is 34.9 Å². The molecule has 5 nitrogen and oxygen atoms in total. The molecule has 1 rings (SSSR count). The molecule has 0 spiro atoms. The number of esters is 2. The highest BCUT2D eigenvalue weighted by atomic mass is 16.5. The average Bonchev–Trinajstić information content (AvgIpc) is 2.57. The van der Waals surface area contributed by atoms with Gasteiger partial charge in [-0.15, -0.1) is 19.3 Å². The standard InChI is InChI=1S/C18H12O5/c1-4-7-16(19)13-8-9-14(17(20)22-10-5-2)15(12-13)18(21)23-11-6-3/h1-3,8-9,12H,7,10-11H2. The summed E-state index contributed by atoms with van der Waals surface area (Å²) in [6, 6.07) is 3.85. The van der Waals surface area contributed by atoms with Crippen LogP contribution >= 0.6 is 0 Å². The van der Waals surface area contributed by atoms with Gasteiger partial charge in [0.15, 0.2) is 19.0 Å². The van der Waals surface area contributed by atoms with Crippen LogP contribution in [0.15, 0.2) is 18.2 Å². The zero-order chi connectivity index (χ0) is 17.2. The van der Waals surface area contributed by atoms with Crippen LogP contribution in [-0.2, 0) is 9.47 Å². The predicted octanol–water partition coefficient (Wildman–Crippen LogP) is 1.47. The first-order valence-electron chi connectivity index (χ1n) is 6.37. The summed E-state index contributed by atoms with van der Waals surface area (Å²) < 4.78 is 9.57. The van der Waals surface area contributed by atoms with Crippen LogP contribution in [0.3, 0.4) is 0 Å². The molecule has 5 heteroatoms. The Morgan fingerprint density at radius 2 is 1.43 bits per heavy atom. The largest absolute Gasteiger partial charge is 0.449 e. The monoisotopic (exact) mass is 308 g/mol. The number of benzene rings is 1. The molecule has 0 aliphatic rings. The third-order valence-corrected chi connectivity index (χ3v) is 2.62. The van der Waals surface area contributed by atoms with Gasteiger partial charge in [-0.25, -0.2) is 9.59 Å². The Balaban J connectivity index is 3.24. The minimum Gasteiger partial charge on any atom is -0.449 e. The van der Waals surface area contributed by atoms with Gasteiger partial charge >= 0.3 is 11.9 Å².